The molecular weight excluding hydrogens is 274 g/mol. The number of benzene rings is 1. The summed E-state index contributed by atoms with van der Waals surface area (Å²) in [5.74, 6) is 0.335. The van der Waals surface area contributed by atoms with Crippen LogP contribution in [0, 0.1) is 5.92 Å². The van der Waals surface area contributed by atoms with Gasteiger partial charge in [0, 0.05) is 36.3 Å². The Morgan fingerprint density at radius 2 is 2.30 bits per heavy atom. The van der Waals surface area contributed by atoms with Crippen molar-refractivity contribution in [2.24, 2.45) is 11.7 Å². The first kappa shape index (κ1) is 13.9. The molecule has 3 rings (SSSR count). The summed E-state index contributed by atoms with van der Waals surface area (Å²) in [6.07, 6.45) is 2.60. The standard InChI is InChI=1S/C15H20ClN3O/c16-13-6-10(15(17)20)3-4-11(13)7-19-8-12-2-1-5-18-14(12)9-19/h3-4,6,12,14,18H,1-2,5,7-9H2,(H2,17,20). The average molecular weight is 294 g/mol. The smallest absolute Gasteiger partial charge is 0.248 e. The molecule has 0 spiro atoms. The normalized spacial score (nSPS) is 26.4. The van der Waals surface area contributed by atoms with E-state index in [1.165, 1.54) is 12.8 Å². The molecule has 1 aromatic carbocycles. The van der Waals surface area contributed by atoms with Gasteiger partial charge in [0.2, 0.25) is 5.91 Å². The van der Waals surface area contributed by atoms with Crippen LogP contribution in [0.25, 0.3) is 0 Å². The predicted octanol–water partition coefficient (Wildman–Crippen LogP) is 1.62. The van der Waals surface area contributed by atoms with Crippen molar-refractivity contribution in [1.82, 2.24) is 10.2 Å². The highest BCUT2D eigenvalue weighted by molar-refractivity contribution is 6.31. The van der Waals surface area contributed by atoms with Crippen LogP contribution in [0.3, 0.4) is 0 Å². The lowest BCUT2D eigenvalue weighted by atomic mass is 9.94. The first-order valence-corrected chi connectivity index (χ1v) is 7.55. The van der Waals surface area contributed by atoms with Crippen LogP contribution in [0.4, 0.5) is 0 Å². The zero-order valence-corrected chi connectivity index (χ0v) is 12.2. The number of hydrogen-bond acceptors (Lipinski definition) is 3. The number of nitrogens with zero attached hydrogens (tertiary/aromatic N) is 1. The van der Waals surface area contributed by atoms with Gasteiger partial charge in [-0.15, -0.1) is 0 Å². The summed E-state index contributed by atoms with van der Waals surface area (Å²) in [4.78, 5) is 13.6. The molecule has 2 heterocycles. The molecule has 2 saturated heterocycles. The molecule has 0 radical (unpaired) electrons. The van der Waals surface area contributed by atoms with Crippen LogP contribution >= 0.6 is 11.6 Å². The molecule has 0 saturated carbocycles. The molecule has 0 aliphatic carbocycles. The molecule has 4 nitrogen and oxygen atoms in total. The quantitative estimate of drug-likeness (QED) is 0.890. The van der Waals surface area contributed by atoms with E-state index in [2.05, 4.69) is 10.2 Å². The van der Waals surface area contributed by atoms with Crippen molar-refractivity contribution in [3.05, 3.63) is 34.3 Å². The lowest BCUT2D eigenvalue weighted by molar-refractivity contribution is 0.100. The number of piperidine rings is 1. The van der Waals surface area contributed by atoms with Gasteiger partial charge in [0.15, 0.2) is 0 Å². The Balaban J connectivity index is 1.68. The number of halogens is 1. The van der Waals surface area contributed by atoms with E-state index in [0.717, 1.165) is 37.7 Å². The van der Waals surface area contributed by atoms with Gasteiger partial charge in [-0.05, 0) is 43.0 Å². The number of fused-ring (bicyclic) bond motifs is 1. The van der Waals surface area contributed by atoms with Crippen LogP contribution in [0.5, 0.6) is 0 Å². The fourth-order valence-corrected chi connectivity index (χ4v) is 3.58. The maximum atomic E-state index is 11.1. The number of likely N-dealkylation sites (tertiary alicyclic amines) is 1. The maximum Gasteiger partial charge on any atom is 0.248 e. The topological polar surface area (TPSA) is 58.4 Å². The van der Waals surface area contributed by atoms with Crippen LogP contribution in [0.1, 0.15) is 28.8 Å². The van der Waals surface area contributed by atoms with Gasteiger partial charge in [-0.25, -0.2) is 0 Å². The van der Waals surface area contributed by atoms with E-state index in [4.69, 9.17) is 17.3 Å². The SMILES string of the molecule is NC(=O)c1ccc(CN2CC3CCCNC3C2)c(Cl)c1. The highest BCUT2D eigenvalue weighted by Gasteiger charge is 2.34. The lowest BCUT2D eigenvalue weighted by Gasteiger charge is -2.24. The highest BCUT2D eigenvalue weighted by Crippen LogP contribution is 2.27. The molecule has 1 amide bonds. The predicted molar refractivity (Wildman–Crippen MR) is 79.8 cm³/mol. The van der Waals surface area contributed by atoms with Gasteiger partial charge in [-0.2, -0.15) is 0 Å². The Morgan fingerprint density at radius 3 is 3.00 bits per heavy atom. The molecule has 2 aliphatic rings. The Kier molecular flexibility index (Phi) is 3.96. The number of amides is 1. The van der Waals surface area contributed by atoms with E-state index >= 15 is 0 Å². The van der Waals surface area contributed by atoms with Gasteiger partial charge < -0.3 is 11.1 Å². The van der Waals surface area contributed by atoms with Gasteiger partial charge >= 0.3 is 0 Å². The molecule has 1 aromatic rings. The Morgan fingerprint density at radius 1 is 1.45 bits per heavy atom. The van der Waals surface area contributed by atoms with E-state index in [1.807, 2.05) is 6.07 Å². The Bertz CT molecular complexity index is 506. The Labute approximate surface area is 124 Å². The summed E-state index contributed by atoms with van der Waals surface area (Å²) in [6, 6.07) is 5.97. The van der Waals surface area contributed by atoms with Crippen LogP contribution < -0.4 is 11.1 Å². The summed E-state index contributed by atoms with van der Waals surface area (Å²) in [6.45, 7) is 4.19. The van der Waals surface area contributed by atoms with Crippen molar-refractivity contribution < 1.29 is 4.79 Å². The highest BCUT2D eigenvalue weighted by atomic mass is 35.5. The molecular formula is C15H20ClN3O. The van der Waals surface area contributed by atoms with Gasteiger partial charge in [-0.1, -0.05) is 17.7 Å². The van der Waals surface area contributed by atoms with Crippen LogP contribution in [0.2, 0.25) is 5.02 Å². The second kappa shape index (κ2) is 5.72. The molecule has 2 atom stereocenters. The number of primary amides is 1. The van der Waals surface area contributed by atoms with Crippen molar-refractivity contribution in [3.8, 4) is 0 Å². The van der Waals surface area contributed by atoms with E-state index < -0.39 is 5.91 Å². The molecule has 20 heavy (non-hydrogen) atoms. The number of hydrogen-bond donors (Lipinski definition) is 2. The lowest BCUT2D eigenvalue weighted by Crippen LogP contribution is -2.40. The minimum Gasteiger partial charge on any atom is -0.366 e. The zero-order valence-electron chi connectivity index (χ0n) is 11.4. The van der Waals surface area contributed by atoms with Crippen molar-refractivity contribution in [2.75, 3.05) is 19.6 Å². The van der Waals surface area contributed by atoms with Gasteiger partial charge in [0.05, 0.1) is 0 Å². The molecule has 2 unspecified atom stereocenters. The zero-order chi connectivity index (χ0) is 14.1. The average Bonchev–Trinajstić information content (AvgIpc) is 2.83. The van der Waals surface area contributed by atoms with E-state index in [-0.39, 0.29) is 0 Å². The molecule has 0 aromatic heterocycles. The fraction of sp³-hybridized carbons (Fsp3) is 0.533. The summed E-state index contributed by atoms with van der Waals surface area (Å²) >= 11 is 6.25. The minimum absolute atomic E-state index is 0.435. The van der Waals surface area contributed by atoms with E-state index in [9.17, 15) is 4.79 Å². The van der Waals surface area contributed by atoms with Crippen LogP contribution in [-0.4, -0.2) is 36.5 Å². The van der Waals surface area contributed by atoms with Crippen LogP contribution in [0.15, 0.2) is 18.2 Å². The minimum atomic E-state index is -0.435. The molecule has 2 fully saturated rings. The third-order valence-electron chi connectivity index (χ3n) is 4.41. The molecule has 2 aliphatic heterocycles. The van der Waals surface area contributed by atoms with E-state index in [1.54, 1.807) is 12.1 Å². The molecule has 5 heteroatoms. The van der Waals surface area contributed by atoms with E-state index in [0.29, 0.717) is 16.6 Å². The number of carbonyl (C=O) groups excluding carboxylic acids is 1. The first-order valence-electron chi connectivity index (χ1n) is 7.17. The van der Waals surface area contributed by atoms with Crippen molar-refractivity contribution in [3.63, 3.8) is 0 Å². The largest absolute Gasteiger partial charge is 0.366 e. The molecule has 0 bridgehead atoms. The second-order valence-electron chi connectivity index (χ2n) is 5.83. The summed E-state index contributed by atoms with van der Waals surface area (Å²) < 4.78 is 0. The summed E-state index contributed by atoms with van der Waals surface area (Å²) in [5, 5.41) is 4.23. The van der Waals surface area contributed by atoms with Crippen LogP contribution in [-0.2, 0) is 6.54 Å². The van der Waals surface area contributed by atoms with Gasteiger partial charge in [-0.3, -0.25) is 9.69 Å². The molecule has 3 N–H and O–H groups in total. The van der Waals surface area contributed by atoms with Crippen molar-refractivity contribution in [1.29, 1.82) is 0 Å². The van der Waals surface area contributed by atoms with Crippen molar-refractivity contribution in [2.45, 2.75) is 25.4 Å². The number of carbonyl (C=O) groups is 1. The number of nitrogens with two attached hydrogens (primary N) is 1. The Hall–Kier alpha value is -1.10. The van der Waals surface area contributed by atoms with Crippen molar-refractivity contribution >= 4 is 17.5 Å². The third-order valence-corrected chi connectivity index (χ3v) is 4.76. The summed E-state index contributed by atoms with van der Waals surface area (Å²) in [7, 11) is 0. The number of rotatable bonds is 3. The molecule has 108 valence electrons. The number of nitrogens with one attached hydrogen (secondary N) is 1. The summed E-state index contributed by atoms with van der Waals surface area (Å²) in [5.41, 5.74) is 6.79. The second-order valence-corrected chi connectivity index (χ2v) is 6.23. The van der Waals surface area contributed by atoms with Gasteiger partial charge in [0.1, 0.15) is 0 Å². The van der Waals surface area contributed by atoms with Gasteiger partial charge in [0.25, 0.3) is 0 Å². The third kappa shape index (κ3) is 2.82. The first-order chi connectivity index (χ1) is 9.63. The fourth-order valence-electron chi connectivity index (χ4n) is 3.33. The monoisotopic (exact) mass is 293 g/mol. The maximum absolute atomic E-state index is 11.1.